The summed E-state index contributed by atoms with van der Waals surface area (Å²) in [6.07, 6.45) is 0. The van der Waals surface area contributed by atoms with E-state index in [-0.39, 0.29) is 10.7 Å². The number of nitro benzene ring substituents is 1. The maximum atomic E-state index is 10.4. The molecule has 0 spiro atoms. The lowest BCUT2D eigenvalue weighted by molar-refractivity contribution is -0.384. The molecule has 3 nitrogen and oxygen atoms in total. The van der Waals surface area contributed by atoms with Crippen LogP contribution in [0.1, 0.15) is 5.56 Å². The van der Waals surface area contributed by atoms with E-state index in [0.29, 0.717) is 0 Å². The molecule has 12 heavy (non-hydrogen) atoms. The Bertz CT molecular complexity index is 340. The first-order valence-corrected chi connectivity index (χ1v) is 4.58. The molecule has 1 aromatic rings. The van der Waals surface area contributed by atoms with Crippen LogP contribution < -0.4 is 0 Å². The molecule has 0 unspecified atom stereocenters. The second-order valence-corrected chi connectivity index (χ2v) is 3.94. The summed E-state index contributed by atoms with van der Waals surface area (Å²) < 4.78 is 0.821. The quantitative estimate of drug-likeness (QED) is 0.454. The van der Waals surface area contributed by atoms with E-state index in [1.807, 2.05) is 22.6 Å². The Labute approximate surface area is 88.0 Å². The average molecular weight is 297 g/mol. The van der Waals surface area contributed by atoms with Crippen LogP contribution in [0, 0.1) is 20.6 Å². The van der Waals surface area contributed by atoms with E-state index in [2.05, 4.69) is 0 Å². The van der Waals surface area contributed by atoms with Crippen LogP contribution in [0.4, 0.5) is 5.69 Å². The van der Waals surface area contributed by atoms with Gasteiger partial charge in [0.25, 0.3) is 5.69 Å². The molecule has 0 aliphatic heterocycles. The predicted molar refractivity (Wildman–Crippen MR) is 55.6 cm³/mol. The van der Waals surface area contributed by atoms with Crippen molar-refractivity contribution in [1.82, 2.24) is 0 Å². The van der Waals surface area contributed by atoms with Gasteiger partial charge in [0.05, 0.1) is 4.92 Å². The summed E-state index contributed by atoms with van der Waals surface area (Å²) >= 11 is 7.73. The number of halogens is 2. The molecular weight excluding hydrogens is 292 g/mol. The molecule has 0 aromatic heterocycles. The van der Waals surface area contributed by atoms with E-state index >= 15 is 0 Å². The molecule has 0 heterocycles. The first-order chi connectivity index (χ1) is 5.52. The molecule has 0 aliphatic rings. The number of nitrogens with zero attached hydrogens (tertiary/aromatic N) is 1. The van der Waals surface area contributed by atoms with Crippen LogP contribution in [0.15, 0.2) is 12.1 Å². The normalized spacial score (nSPS) is 9.92. The summed E-state index contributed by atoms with van der Waals surface area (Å²) in [6, 6.07) is 3.26. The molecule has 0 saturated heterocycles. The maximum absolute atomic E-state index is 10.4. The summed E-state index contributed by atoms with van der Waals surface area (Å²) in [5.41, 5.74) is 0.705. The monoisotopic (exact) mass is 297 g/mol. The first kappa shape index (κ1) is 9.73. The van der Waals surface area contributed by atoms with E-state index in [1.165, 1.54) is 6.07 Å². The summed E-state index contributed by atoms with van der Waals surface area (Å²) in [7, 11) is 0. The summed E-state index contributed by atoms with van der Waals surface area (Å²) in [5, 5.41) is 10.7. The van der Waals surface area contributed by atoms with Crippen molar-refractivity contribution >= 4 is 39.9 Å². The van der Waals surface area contributed by atoms with Crippen molar-refractivity contribution in [2.75, 3.05) is 0 Å². The lowest BCUT2D eigenvalue weighted by Crippen LogP contribution is -1.91. The van der Waals surface area contributed by atoms with Gasteiger partial charge in [0, 0.05) is 9.64 Å². The molecule has 0 radical (unpaired) electrons. The number of aryl methyl sites for hydroxylation is 1. The van der Waals surface area contributed by atoms with Gasteiger partial charge < -0.3 is 0 Å². The largest absolute Gasteiger partial charge is 0.289 e. The van der Waals surface area contributed by atoms with E-state index in [4.69, 9.17) is 11.6 Å². The molecular formula is C7H5ClINO2. The first-order valence-electron chi connectivity index (χ1n) is 3.12. The number of hydrogen-bond donors (Lipinski definition) is 0. The van der Waals surface area contributed by atoms with Gasteiger partial charge in [-0.3, -0.25) is 10.1 Å². The Balaban J connectivity index is 3.37. The zero-order valence-electron chi connectivity index (χ0n) is 6.17. The number of hydrogen-bond acceptors (Lipinski definition) is 2. The summed E-state index contributed by atoms with van der Waals surface area (Å²) in [5.74, 6) is 0. The van der Waals surface area contributed by atoms with Crippen molar-refractivity contribution < 1.29 is 4.92 Å². The fraction of sp³-hybridized carbons (Fsp3) is 0.143. The van der Waals surface area contributed by atoms with E-state index in [0.717, 1.165) is 9.13 Å². The SMILES string of the molecule is Cc1cc(I)cc([N+](=O)[O-])c1Cl. The second kappa shape index (κ2) is 3.57. The molecule has 0 saturated carbocycles. The van der Waals surface area contributed by atoms with Gasteiger partial charge in [-0.1, -0.05) is 11.6 Å². The fourth-order valence-electron chi connectivity index (χ4n) is 0.841. The van der Waals surface area contributed by atoms with Crippen LogP contribution in [-0.4, -0.2) is 4.92 Å². The van der Waals surface area contributed by atoms with E-state index < -0.39 is 4.92 Å². The van der Waals surface area contributed by atoms with Gasteiger partial charge in [-0.2, -0.15) is 0 Å². The fourth-order valence-corrected chi connectivity index (χ4v) is 1.78. The topological polar surface area (TPSA) is 43.1 Å². The number of nitro groups is 1. The summed E-state index contributed by atoms with van der Waals surface area (Å²) in [4.78, 5) is 9.97. The molecule has 5 heteroatoms. The minimum Gasteiger partial charge on any atom is -0.258 e. The smallest absolute Gasteiger partial charge is 0.258 e. The highest BCUT2D eigenvalue weighted by Crippen LogP contribution is 2.29. The molecule has 0 bridgehead atoms. The number of rotatable bonds is 1. The zero-order chi connectivity index (χ0) is 9.30. The van der Waals surface area contributed by atoms with Crippen molar-refractivity contribution in [1.29, 1.82) is 0 Å². The molecule has 0 aliphatic carbocycles. The van der Waals surface area contributed by atoms with Crippen LogP contribution in [0.25, 0.3) is 0 Å². The predicted octanol–water partition coefficient (Wildman–Crippen LogP) is 3.16. The minimum atomic E-state index is -0.475. The Hall–Kier alpha value is -0.360. The van der Waals surface area contributed by atoms with Crippen molar-refractivity contribution in [3.63, 3.8) is 0 Å². The average Bonchev–Trinajstić information content (AvgIpc) is 1.96. The Morgan fingerprint density at radius 1 is 1.58 bits per heavy atom. The third kappa shape index (κ3) is 1.87. The van der Waals surface area contributed by atoms with Gasteiger partial charge in [-0.25, -0.2) is 0 Å². The Morgan fingerprint density at radius 2 is 2.17 bits per heavy atom. The van der Waals surface area contributed by atoms with Crippen LogP contribution >= 0.6 is 34.2 Å². The van der Waals surface area contributed by atoms with Gasteiger partial charge in [0.2, 0.25) is 0 Å². The highest BCUT2D eigenvalue weighted by molar-refractivity contribution is 14.1. The van der Waals surface area contributed by atoms with Crippen molar-refractivity contribution in [2.45, 2.75) is 6.92 Å². The van der Waals surface area contributed by atoms with Gasteiger partial charge in [0.15, 0.2) is 0 Å². The third-order valence-electron chi connectivity index (χ3n) is 1.40. The van der Waals surface area contributed by atoms with Crippen molar-refractivity contribution in [2.24, 2.45) is 0 Å². The lowest BCUT2D eigenvalue weighted by atomic mass is 10.2. The number of benzene rings is 1. The van der Waals surface area contributed by atoms with Gasteiger partial charge in [-0.05, 0) is 41.1 Å². The van der Waals surface area contributed by atoms with Crippen molar-refractivity contribution in [3.05, 3.63) is 36.4 Å². The second-order valence-electron chi connectivity index (χ2n) is 2.31. The van der Waals surface area contributed by atoms with Crippen LogP contribution in [0.5, 0.6) is 0 Å². The molecule has 64 valence electrons. The van der Waals surface area contributed by atoms with Gasteiger partial charge in [0.1, 0.15) is 5.02 Å². The minimum absolute atomic E-state index is 0.0268. The molecule has 0 amide bonds. The Kier molecular flexibility index (Phi) is 2.89. The molecule has 1 rings (SSSR count). The molecule has 0 atom stereocenters. The van der Waals surface area contributed by atoms with Gasteiger partial charge >= 0.3 is 0 Å². The molecule has 0 fully saturated rings. The van der Waals surface area contributed by atoms with Crippen LogP contribution in [-0.2, 0) is 0 Å². The van der Waals surface area contributed by atoms with Crippen LogP contribution in [0.3, 0.4) is 0 Å². The molecule has 1 aromatic carbocycles. The zero-order valence-corrected chi connectivity index (χ0v) is 9.09. The van der Waals surface area contributed by atoms with E-state index in [9.17, 15) is 10.1 Å². The van der Waals surface area contributed by atoms with Gasteiger partial charge in [-0.15, -0.1) is 0 Å². The van der Waals surface area contributed by atoms with E-state index in [1.54, 1.807) is 13.0 Å². The lowest BCUT2D eigenvalue weighted by Gasteiger charge is -1.99. The Morgan fingerprint density at radius 3 is 2.67 bits per heavy atom. The maximum Gasteiger partial charge on any atom is 0.289 e. The van der Waals surface area contributed by atoms with Crippen LogP contribution in [0.2, 0.25) is 5.02 Å². The summed E-state index contributed by atoms with van der Waals surface area (Å²) in [6.45, 7) is 1.75. The standard InChI is InChI=1S/C7H5ClINO2/c1-4-2-5(9)3-6(7(4)8)10(11)12/h2-3H,1H3. The van der Waals surface area contributed by atoms with Crippen molar-refractivity contribution in [3.8, 4) is 0 Å². The highest BCUT2D eigenvalue weighted by atomic mass is 127. The highest BCUT2D eigenvalue weighted by Gasteiger charge is 2.14. The molecule has 0 N–H and O–H groups in total. The third-order valence-corrected chi connectivity index (χ3v) is 2.51.